The van der Waals surface area contributed by atoms with Gasteiger partial charge in [0.25, 0.3) is 0 Å². The highest BCUT2D eigenvalue weighted by Gasteiger charge is 2.27. The van der Waals surface area contributed by atoms with Gasteiger partial charge in [-0.1, -0.05) is 13.8 Å². The van der Waals surface area contributed by atoms with E-state index in [1.165, 1.54) is 0 Å². The van der Waals surface area contributed by atoms with E-state index < -0.39 is 0 Å². The van der Waals surface area contributed by atoms with Gasteiger partial charge in [-0.25, -0.2) is 0 Å². The Hall–Kier alpha value is -0.570. The third-order valence-corrected chi connectivity index (χ3v) is 2.78. The highest BCUT2D eigenvalue weighted by Crippen LogP contribution is 2.27. The fourth-order valence-corrected chi connectivity index (χ4v) is 1.96. The molecule has 1 aliphatic heterocycles. The van der Waals surface area contributed by atoms with Crippen LogP contribution in [0.1, 0.15) is 39.5 Å². The number of carbonyl (C=O) groups is 1. The number of hydrogen-bond acceptors (Lipinski definition) is 2. The molecule has 1 rings (SSSR count). The first-order valence-electron chi connectivity index (χ1n) is 5.07. The summed E-state index contributed by atoms with van der Waals surface area (Å²) >= 11 is 0. The van der Waals surface area contributed by atoms with Crippen molar-refractivity contribution in [3.8, 4) is 0 Å². The molecule has 0 unspecified atom stereocenters. The van der Waals surface area contributed by atoms with E-state index in [1.54, 1.807) is 0 Å². The van der Waals surface area contributed by atoms with Gasteiger partial charge in [0, 0.05) is 0 Å². The predicted molar refractivity (Wildman–Crippen MR) is 51.2 cm³/mol. The Labute approximate surface area is 79.6 Å². The molecule has 0 radical (unpaired) electrons. The second kappa shape index (κ2) is 4.61. The van der Waals surface area contributed by atoms with E-state index in [9.17, 15) is 4.79 Å². The van der Waals surface area contributed by atoms with E-state index in [2.05, 4.69) is 13.8 Å². The lowest BCUT2D eigenvalue weighted by Gasteiger charge is -2.33. The average Bonchev–Trinajstić information content (AvgIpc) is 2.07. The number of primary amides is 1. The van der Waals surface area contributed by atoms with Crippen LogP contribution in [0.2, 0.25) is 0 Å². The third-order valence-electron chi connectivity index (χ3n) is 2.78. The molecule has 1 amide bonds. The number of ether oxygens (including phenoxy) is 1. The molecule has 3 nitrogen and oxygen atoms in total. The van der Waals surface area contributed by atoms with Gasteiger partial charge < -0.3 is 10.5 Å². The molecule has 0 aromatic carbocycles. The molecule has 3 atom stereocenters. The van der Waals surface area contributed by atoms with Crippen LogP contribution in [-0.2, 0) is 9.53 Å². The maximum absolute atomic E-state index is 10.7. The van der Waals surface area contributed by atoms with Crippen LogP contribution < -0.4 is 5.73 Å². The van der Waals surface area contributed by atoms with E-state index in [0.29, 0.717) is 18.4 Å². The van der Waals surface area contributed by atoms with Crippen molar-refractivity contribution in [2.45, 2.75) is 51.7 Å². The standard InChI is InChI=1S/C10H19NO2/c1-3-9-7(2)4-5-8(13-9)6-10(11)12/h7-9H,3-6H2,1-2H3,(H2,11,12)/t7-,8+,9+/m0/s1. The van der Waals surface area contributed by atoms with Crippen molar-refractivity contribution in [3.05, 3.63) is 0 Å². The number of rotatable bonds is 3. The van der Waals surface area contributed by atoms with Gasteiger partial charge in [0.2, 0.25) is 5.91 Å². The molecule has 76 valence electrons. The second-order valence-corrected chi connectivity index (χ2v) is 3.93. The summed E-state index contributed by atoms with van der Waals surface area (Å²) in [7, 11) is 0. The minimum atomic E-state index is -0.255. The molecule has 1 fully saturated rings. The van der Waals surface area contributed by atoms with E-state index in [0.717, 1.165) is 19.3 Å². The van der Waals surface area contributed by atoms with Crippen molar-refractivity contribution in [3.63, 3.8) is 0 Å². The first-order chi connectivity index (χ1) is 6.13. The van der Waals surface area contributed by atoms with Gasteiger partial charge in [-0.05, 0) is 25.2 Å². The van der Waals surface area contributed by atoms with Crippen molar-refractivity contribution < 1.29 is 9.53 Å². The monoisotopic (exact) mass is 185 g/mol. The van der Waals surface area contributed by atoms with Crippen molar-refractivity contribution >= 4 is 5.91 Å². The molecule has 0 aromatic heterocycles. The Bertz CT molecular complexity index is 182. The fourth-order valence-electron chi connectivity index (χ4n) is 1.96. The van der Waals surface area contributed by atoms with E-state index in [4.69, 9.17) is 10.5 Å². The number of hydrogen-bond donors (Lipinski definition) is 1. The topological polar surface area (TPSA) is 52.3 Å². The molecule has 0 aromatic rings. The van der Waals surface area contributed by atoms with Crippen molar-refractivity contribution in [2.75, 3.05) is 0 Å². The molecular weight excluding hydrogens is 166 g/mol. The fraction of sp³-hybridized carbons (Fsp3) is 0.900. The van der Waals surface area contributed by atoms with E-state index in [-0.39, 0.29) is 12.0 Å². The van der Waals surface area contributed by atoms with Crippen molar-refractivity contribution in [1.29, 1.82) is 0 Å². The molecule has 3 heteroatoms. The summed E-state index contributed by atoms with van der Waals surface area (Å²) in [6.45, 7) is 4.32. The lowest BCUT2D eigenvalue weighted by atomic mass is 9.91. The molecule has 1 aliphatic rings. The van der Waals surface area contributed by atoms with E-state index >= 15 is 0 Å². The Kier molecular flexibility index (Phi) is 3.72. The zero-order valence-corrected chi connectivity index (χ0v) is 8.45. The van der Waals surface area contributed by atoms with Crippen LogP contribution in [-0.4, -0.2) is 18.1 Å². The molecule has 2 N–H and O–H groups in total. The van der Waals surface area contributed by atoms with Crippen LogP contribution in [0.4, 0.5) is 0 Å². The summed E-state index contributed by atoms with van der Waals surface area (Å²) in [4.78, 5) is 10.7. The van der Waals surface area contributed by atoms with Gasteiger partial charge in [0.1, 0.15) is 0 Å². The Morgan fingerprint density at radius 3 is 2.77 bits per heavy atom. The summed E-state index contributed by atoms with van der Waals surface area (Å²) in [5.41, 5.74) is 5.13. The first-order valence-corrected chi connectivity index (χ1v) is 5.07. The van der Waals surface area contributed by atoms with Gasteiger partial charge >= 0.3 is 0 Å². The van der Waals surface area contributed by atoms with Gasteiger partial charge in [-0.2, -0.15) is 0 Å². The Morgan fingerprint density at radius 2 is 2.23 bits per heavy atom. The van der Waals surface area contributed by atoms with Crippen molar-refractivity contribution in [1.82, 2.24) is 0 Å². The number of nitrogens with two attached hydrogens (primary N) is 1. The molecule has 1 saturated heterocycles. The molecule has 0 bridgehead atoms. The predicted octanol–water partition coefficient (Wildman–Crippen LogP) is 1.46. The molecule has 1 heterocycles. The lowest BCUT2D eigenvalue weighted by Crippen LogP contribution is -2.35. The Balaban J connectivity index is 2.40. The van der Waals surface area contributed by atoms with Crippen LogP contribution in [0.3, 0.4) is 0 Å². The minimum absolute atomic E-state index is 0.0682. The number of amides is 1. The average molecular weight is 185 g/mol. The van der Waals surface area contributed by atoms with Gasteiger partial charge in [-0.15, -0.1) is 0 Å². The largest absolute Gasteiger partial charge is 0.374 e. The first kappa shape index (κ1) is 10.5. The molecule has 0 aliphatic carbocycles. The summed E-state index contributed by atoms with van der Waals surface area (Å²) in [5.74, 6) is 0.364. The zero-order valence-electron chi connectivity index (χ0n) is 8.45. The molecular formula is C10H19NO2. The normalized spacial score (nSPS) is 34.5. The van der Waals surface area contributed by atoms with E-state index in [1.807, 2.05) is 0 Å². The minimum Gasteiger partial charge on any atom is -0.374 e. The summed E-state index contributed by atoms with van der Waals surface area (Å²) in [6.07, 6.45) is 3.91. The highest BCUT2D eigenvalue weighted by atomic mass is 16.5. The number of carbonyl (C=O) groups excluding carboxylic acids is 1. The SMILES string of the molecule is CC[C@H]1O[C@@H](CC(N)=O)CC[C@@H]1C. The van der Waals surface area contributed by atoms with Gasteiger partial charge in [-0.3, -0.25) is 4.79 Å². The molecule has 0 saturated carbocycles. The third kappa shape index (κ3) is 2.99. The van der Waals surface area contributed by atoms with Crippen LogP contribution in [0.5, 0.6) is 0 Å². The molecule has 0 spiro atoms. The quantitative estimate of drug-likeness (QED) is 0.723. The maximum atomic E-state index is 10.7. The smallest absolute Gasteiger partial charge is 0.220 e. The van der Waals surface area contributed by atoms with Gasteiger partial charge in [0.15, 0.2) is 0 Å². The summed E-state index contributed by atoms with van der Waals surface area (Å²) in [5, 5.41) is 0. The van der Waals surface area contributed by atoms with Crippen LogP contribution in [0.25, 0.3) is 0 Å². The summed E-state index contributed by atoms with van der Waals surface area (Å²) in [6, 6.07) is 0. The maximum Gasteiger partial charge on any atom is 0.220 e. The zero-order chi connectivity index (χ0) is 9.84. The van der Waals surface area contributed by atoms with Crippen molar-refractivity contribution in [2.24, 2.45) is 11.7 Å². The van der Waals surface area contributed by atoms with Gasteiger partial charge in [0.05, 0.1) is 18.6 Å². The van der Waals surface area contributed by atoms with Crippen LogP contribution >= 0.6 is 0 Å². The van der Waals surface area contributed by atoms with Crippen LogP contribution in [0, 0.1) is 5.92 Å². The molecule has 13 heavy (non-hydrogen) atoms. The lowest BCUT2D eigenvalue weighted by molar-refractivity contribution is -0.127. The highest BCUT2D eigenvalue weighted by molar-refractivity contribution is 5.74. The van der Waals surface area contributed by atoms with Crippen LogP contribution in [0.15, 0.2) is 0 Å². The summed E-state index contributed by atoms with van der Waals surface area (Å²) < 4.78 is 5.76. The second-order valence-electron chi connectivity index (χ2n) is 3.93. The Morgan fingerprint density at radius 1 is 1.54 bits per heavy atom.